The number of para-hydroxylation sites is 1. The largest absolute Gasteiger partial charge is 0.481 e. The van der Waals surface area contributed by atoms with Gasteiger partial charge in [-0.15, -0.1) is 10.2 Å². The molecule has 2 aromatic heterocycles. The lowest BCUT2D eigenvalue weighted by atomic mass is 9.85. The number of carboxylic acid groups (broad SMARTS) is 1. The first-order valence-electron chi connectivity index (χ1n) is 13.3. The summed E-state index contributed by atoms with van der Waals surface area (Å²) in [7, 11) is -3.94. The molecule has 1 spiro atoms. The van der Waals surface area contributed by atoms with Crippen molar-refractivity contribution in [1.82, 2.24) is 18.9 Å². The first-order valence-corrected chi connectivity index (χ1v) is 14.7. The zero-order chi connectivity index (χ0) is 29.8. The van der Waals surface area contributed by atoms with Gasteiger partial charge in [0.05, 0.1) is 26.2 Å². The monoisotopic (exact) mass is 598 g/mol. The minimum absolute atomic E-state index is 0.0290. The predicted molar refractivity (Wildman–Crippen MR) is 146 cm³/mol. The molecule has 6 rings (SSSR count). The number of rotatable bonds is 7. The number of sulfonamides is 1. The zero-order valence-electron chi connectivity index (χ0n) is 22.8. The van der Waals surface area contributed by atoms with Gasteiger partial charge in [-0.2, -0.15) is 4.31 Å². The number of alkyl halides is 2. The number of ether oxygens (including phenoxy) is 2. The molecule has 0 amide bonds. The number of benzene rings is 2. The molecule has 13 heteroatoms. The fraction of sp³-hybridized carbons (Fsp3) is 0.345. The van der Waals surface area contributed by atoms with Crippen LogP contribution in [0.2, 0.25) is 0 Å². The van der Waals surface area contributed by atoms with Gasteiger partial charge in [0.2, 0.25) is 15.8 Å². The Morgan fingerprint density at radius 3 is 2.57 bits per heavy atom. The average molecular weight is 599 g/mol. The van der Waals surface area contributed by atoms with Gasteiger partial charge in [0.15, 0.2) is 11.2 Å². The number of hydrogen-bond acceptors (Lipinski definition) is 7. The lowest BCUT2D eigenvalue weighted by Gasteiger charge is -2.41. The quantitative estimate of drug-likeness (QED) is 0.335. The van der Waals surface area contributed by atoms with Crippen molar-refractivity contribution < 1.29 is 36.6 Å². The number of pyridine rings is 1. The van der Waals surface area contributed by atoms with E-state index in [1.54, 1.807) is 37.3 Å². The van der Waals surface area contributed by atoms with E-state index in [1.807, 2.05) is 19.1 Å². The molecule has 1 fully saturated rings. The van der Waals surface area contributed by atoms with Crippen LogP contribution in [-0.4, -0.2) is 63.8 Å². The highest BCUT2D eigenvalue weighted by Gasteiger charge is 2.49. The van der Waals surface area contributed by atoms with Crippen molar-refractivity contribution in [1.29, 1.82) is 0 Å². The molecule has 0 radical (unpaired) electrons. The number of nitrogens with zero attached hydrogens (tertiary/aromatic N) is 4. The second-order valence-corrected chi connectivity index (χ2v) is 12.7. The molecule has 4 heterocycles. The Bertz CT molecular complexity index is 1810. The molecule has 0 aliphatic carbocycles. The molecular formula is C29H28F2N4O6S. The number of fused-ring (bicyclic) bond motifs is 2. The van der Waals surface area contributed by atoms with Crippen molar-refractivity contribution in [2.45, 2.75) is 49.7 Å². The van der Waals surface area contributed by atoms with Crippen LogP contribution in [0.25, 0.3) is 5.65 Å². The molecule has 0 unspecified atom stereocenters. The van der Waals surface area contributed by atoms with E-state index >= 15 is 0 Å². The normalized spacial score (nSPS) is 18.3. The Kier molecular flexibility index (Phi) is 6.98. The van der Waals surface area contributed by atoms with Crippen LogP contribution in [0, 0.1) is 13.8 Å². The van der Waals surface area contributed by atoms with Crippen LogP contribution in [0.3, 0.4) is 0 Å². The lowest BCUT2D eigenvalue weighted by Crippen LogP contribution is -2.60. The second-order valence-electron chi connectivity index (χ2n) is 10.8. The van der Waals surface area contributed by atoms with Crippen LogP contribution >= 0.6 is 0 Å². The average Bonchev–Trinajstić information content (AvgIpc) is 3.33. The summed E-state index contributed by atoms with van der Waals surface area (Å²) in [5.74, 6) is -1.92. The Hall–Kier alpha value is -3.94. The topological polar surface area (TPSA) is 123 Å². The molecule has 42 heavy (non-hydrogen) atoms. The molecule has 4 aromatic rings. The predicted octanol–water partition coefficient (Wildman–Crippen LogP) is 4.24. The van der Waals surface area contributed by atoms with E-state index in [2.05, 4.69) is 10.2 Å². The SMILES string of the molecule is Cc1ccc([C@@H](CC(=O)O)c2ccn3c(C(F)F)nnc3c2C)cc1CN1CC2(COC2)Oc2ccccc2S1(=O)=O. The summed E-state index contributed by atoms with van der Waals surface area (Å²) in [5, 5.41) is 17.3. The van der Waals surface area contributed by atoms with Crippen LogP contribution in [-0.2, 0) is 26.1 Å². The third-order valence-electron chi connectivity index (χ3n) is 7.95. The molecule has 10 nitrogen and oxygen atoms in total. The molecule has 2 aliphatic heterocycles. The van der Waals surface area contributed by atoms with Crippen LogP contribution < -0.4 is 4.74 Å². The maximum atomic E-state index is 13.8. The lowest BCUT2D eigenvalue weighted by molar-refractivity contribution is -0.165. The fourth-order valence-corrected chi connectivity index (χ4v) is 7.28. The third-order valence-corrected chi connectivity index (χ3v) is 9.78. The fourth-order valence-electron chi connectivity index (χ4n) is 5.67. The van der Waals surface area contributed by atoms with E-state index in [4.69, 9.17) is 9.47 Å². The van der Waals surface area contributed by atoms with Crippen molar-refractivity contribution in [3.05, 3.63) is 88.4 Å². The summed E-state index contributed by atoms with van der Waals surface area (Å²) in [6, 6.07) is 13.6. The number of carbonyl (C=O) groups is 1. The van der Waals surface area contributed by atoms with Gasteiger partial charge in [-0.3, -0.25) is 9.20 Å². The van der Waals surface area contributed by atoms with Crippen LogP contribution in [0.1, 0.15) is 52.4 Å². The minimum atomic E-state index is -3.94. The minimum Gasteiger partial charge on any atom is -0.481 e. The molecule has 2 aliphatic rings. The number of aryl methyl sites for hydroxylation is 2. The highest BCUT2D eigenvalue weighted by molar-refractivity contribution is 7.89. The van der Waals surface area contributed by atoms with Gasteiger partial charge in [0.1, 0.15) is 10.6 Å². The molecule has 220 valence electrons. The Balaban J connectivity index is 1.40. The summed E-state index contributed by atoms with van der Waals surface area (Å²) in [4.78, 5) is 12.1. The summed E-state index contributed by atoms with van der Waals surface area (Å²) in [6.07, 6.45) is -1.68. The Morgan fingerprint density at radius 2 is 1.88 bits per heavy atom. The van der Waals surface area contributed by atoms with Gasteiger partial charge < -0.3 is 14.6 Å². The zero-order valence-corrected chi connectivity index (χ0v) is 23.6. The first-order chi connectivity index (χ1) is 20.0. The standard InChI is InChI=1S/C29H28F2N4O6S/c1-17-7-8-19(22(12-25(36)37)21-9-10-35-27(18(21)2)32-33-28(35)26(30)31)11-20(17)13-34-14-29(15-40-16-29)41-23-5-3-4-6-24(23)42(34,38)39/h3-11,22,26H,12-16H2,1-2H3,(H,36,37)/t22-/m1/s1. The molecule has 0 saturated carbocycles. The van der Waals surface area contributed by atoms with Crippen LogP contribution in [0.5, 0.6) is 5.75 Å². The van der Waals surface area contributed by atoms with Gasteiger partial charge in [-0.25, -0.2) is 17.2 Å². The molecule has 1 atom stereocenters. The van der Waals surface area contributed by atoms with Gasteiger partial charge in [-0.05, 0) is 59.9 Å². The van der Waals surface area contributed by atoms with Crippen molar-refractivity contribution in [3.63, 3.8) is 0 Å². The summed E-state index contributed by atoms with van der Waals surface area (Å²) < 4.78 is 68.7. The van der Waals surface area contributed by atoms with Gasteiger partial charge in [-0.1, -0.05) is 30.3 Å². The maximum absolute atomic E-state index is 13.8. The number of aromatic nitrogens is 3. The van der Waals surface area contributed by atoms with E-state index in [0.29, 0.717) is 22.3 Å². The van der Waals surface area contributed by atoms with Gasteiger partial charge in [0.25, 0.3) is 6.43 Å². The molecule has 1 saturated heterocycles. The van der Waals surface area contributed by atoms with E-state index in [9.17, 15) is 27.1 Å². The second kappa shape index (κ2) is 10.4. The number of halogens is 2. The van der Waals surface area contributed by atoms with Crippen LogP contribution in [0.4, 0.5) is 8.78 Å². The van der Waals surface area contributed by atoms with E-state index in [1.165, 1.54) is 21.0 Å². The number of aliphatic carboxylic acids is 1. The maximum Gasteiger partial charge on any atom is 0.304 e. The van der Waals surface area contributed by atoms with E-state index in [0.717, 1.165) is 5.56 Å². The summed E-state index contributed by atoms with van der Waals surface area (Å²) >= 11 is 0. The van der Waals surface area contributed by atoms with Crippen molar-refractivity contribution in [3.8, 4) is 5.75 Å². The molecule has 0 bridgehead atoms. The van der Waals surface area contributed by atoms with Crippen molar-refractivity contribution in [2.24, 2.45) is 0 Å². The van der Waals surface area contributed by atoms with Crippen molar-refractivity contribution >= 4 is 21.6 Å². The Labute approximate surface area is 240 Å². The van der Waals surface area contributed by atoms with E-state index < -0.39 is 39.8 Å². The van der Waals surface area contributed by atoms with Crippen LogP contribution in [0.15, 0.2) is 59.6 Å². The van der Waals surface area contributed by atoms with Crippen molar-refractivity contribution in [2.75, 3.05) is 19.8 Å². The highest BCUT2D eigenvalue weighted by atomic mass is 32.2. The van der Waals surface area contributed by atoms with Gasteiger partial charge in [0, 0.05) is 18.7 Å². The molecule has 2 aromatic carbocycles. The summed E-state index contributed by atoms with van der Waals surface area (Å²) in [6.45, 7) is 4.18. The first kappa shape index (κ1) is 28.2. The highest BCUT2D eigenvalue weighted by Crippen LogP contribution is 2.39. The summed E-state index contributed by atoms with van der Waals surface area (Å²) in [5.41, 5.74) is 2.70. The Morgan fingerprint density at radius 1 is 1.12 bits per heavy atom. The smallest absolute Gasteiger partial charge is 0.304 e. The number of hydrogen-bond donors (Lipinski definition) is 1. The van der Waals surface area contributed by atoms with Gasteiger partial charge >= 0.3 is 5.97 Å². The number of carboxylic acids is 1. The molecular weight excluding hydrogens is 570 g/mol. The third kappa shape index (κ3) is 4.80. The molecule has 1 N–H and O–H groups in total. The van der Waals surface area contributed by atoms with E-state index in [-0.39, 0.29) is 49.0 Å².